The molecule has 1 unspecified atom stereocenters. The molecule has 1 rings (SSSR count). The van der Waals surface area contributed by atoms with Crippen LogP contribution in [0.2, 0.25) is 0 Å². The van der Waals surface area contributed by atoms with E-state index < -0.39 is 0 Å². The molecule has 0 aromatic heterocycles. The van der Waals surface area contributed by atoms with E-state index in [1.54, 1.807) is 0 Å². The Morgan fingerprint density at radius 2 is 2.00 bits per heavy atom. The smallest absolute Gasteiger partial charge is 0.323 e. The molecule has 1 heterocycles. The number of carbonyl (C=O) groups excluding carboxylic acids is 1. The van der Waals surface area contributed by atoms with Gasteiger partial charge in [0.05, 0.1) is 7.11 Å². The molecule has 0 amide bonds. The molecule has 4 heteroatoms. The minimum Gasteiger partial charge on any atom is -0.468 e. The Morgan fingerprint density at radius 3 is 2.41 bits per heavy atom. The lowest BCUT2D eigenvalue weighted by Crippen LogP contribution is -2.48. The van der Waals surface area contributed by atoms with Crippen LogP contribution < -0.4 is 5.32 Å². The Morgan fingerprint density at radius 1 is 1.35 bits per heavy atom. The largest absolute Gasteiger partial charge is 0.468 e. The van der Waals surface area contributed by atoms with Crippen LogP contribution in [0.3, 0.4) is 0 Å². The fraction of sp³-hybridized carbons (Fsp3) is 0.923. The Hall–Kier alpha value is -0.610. The molecule has 0 spiro atoms. The number of rotatable bonds is 5. The van der Waals surface area contributed by atoms with Crippen molar-refractivity contribution in [2.45, 2.75) is 52.2 Å². The van der Waals surface area contributed by atoms with Crippen LogP contribution in [0.1, 0.15) is 34.1 Å². The molecule has 1 saturated heterocycles. The molecular weight excluding hydrogens is 216 g/mol. The molecule has 0 saturated carbocycles. The standard InChI is InChI=1S/C13H26N2O2/c1-9(2)12(13(16)17-5)14-11-6-7-15(8-11)10(3)4/h9-12,14H,6-8H2,1-5H3/t11?,12-/m0/s1. The molecule has 1 aliphatic heterocycles. The number of hydrogen-bond acceptors (Lipinski definition) is 4. The van der Waals surface area contributed by atoms with Gasteiger partial charge in [0, 0.05) is 18.6 Å². The quantitative estimate of drug-likeness (QED) is 0.737. The second-order valence-corrected chi connectivity index (χ2v) is 5.49. The van der Waals surface area contributed by atoms with Crippen molar-refractivity contribution < 1.29 is 9.53 Å². The van der Waals surface area contributed by atoms with E-state index >= 15 is 0 Å². The van der Waals surface area contributed by atoms with Crippen LogP contribution in [0.25, 0.3) is 0 Å². The van der Waals surface area contributed by atoms with Crippen molar-refractivity contribution in [3.05, 3.63) is 0 Å². The Kier molecular flexibility index (Phi) is 5.40. The average molecular weight is 242 g/mol. The molecule has 1 fully saturated rings. The van der Waals surface area contributed by atoms with Crippen LogP contribution in [-0.4, -0.2) is 49.2 Å². The van der Waals surface area contributed by atoms with Crippen molar-refractivity contribution in [3.63, 3.8) is 0 Å². The maximum atomic E-state index is 11.7. The van der Waals surface area contributed by atoms with Crippen molar-refractivity contribution in [2.75, 3.05) is 20.2 Å². The fourth-order valence-electron chi connectivity index (χ4n) is 2.31. The summed E-state index contributed by atoms with van der Waals surface area (Å²) in [5.74, 6) is 0.110. The first kappa shape index (κ1) is 14.5. The van der Waals surface area contributed by atoms with Gasteiger partial charge in [0.2, 0.25) is 0 Å². The summed E-state index contributed by atoms with van der Waals surface area (Å²) in [4.78, 5) is 14.1. The minimum absolute atomic E-state index is 0.150. The third-order valence-corrected chi connectivity index (χ3v) is 3.49. The number of nitrogens with one attached hydrogen (secondary N) is 1. The molecule has 0 radical (unpaired) electrons. The van der Waals surface area contributed by atoms with Crippen LogP contribution in [0.5, 0.6) is 0 Å². The van der Waals surface area contributed by atoms with Gasteiger partial charge in [-0.25, -0.2) is 0 Å². The molecule has 2 atom stereocenters. The molecule has 0 aromatic rings. The summed E-state index contributed by atoms with van der Waals surface area (Å²) in [6.07, 6.45) is 1.11. The number of hydrogen-bond donors (Lipinski definition) is 1. The van der Waals surface area contributed by atoms with Crippen LogP contribution >= 0.6 is 0 Å². The van der Waals surface area contributed by atoms with Gasteiger partial charge in [-0.3, -0.25) is 9.69 Å². The van der Waals surface area contributed by atoms with E-state index in [9.17, 15) is 4.79 Å². The zero-order valence-corrected chi connectivity index (χ0v) is 11.7. The first-order valence-corrected chi connectivity index (χ1v) is 6.53. The summed E-state index contributed by atoms with van der Waals surface area (Å²) in [5, 5.41) is 3.43. The zero-order chi connectivity index (χ0) is 13.0. The van der Waals surface area contributed by atoms with E-state index in [0.29, 0.717) is 12.1 Å². The molecule has 1 aliphatic rings. The number of carbonyl (C=O) groups is 1. The lowest BCUT2D eigenvalue weighted by atomic mass is 10.0. The fourth-order valence-corrected chi connectivity index (χ4v) is 2.31. The van der Waals surface area contributed by atoms with Gasteiger partial charge in [0.15, 0.2) is 0 Å². The predicted octanol–water partition coefficient (Wildman–Crippen LogP) is 1.26. The van der Waals surface area contributed by atoms with E-state index in [0.717, 1.165) is 19.5 Å². The first-order valence-electron chi connectivity index (χ1n) is 6.53. The summed E-state index contributed by atoms with van der Waals surface area (Å²) >= 11 is 0. The van der Waals surface area contributed by atoms with Crippen molar-refractivity contribution in [1.82, 2.24) is 10.2 Å². The molecule has 4 nitrogen and oxygen atoms in total. The number of ether oxygens (including phenoxy) is 1. The van der Waals surface area contributed by atoms with Gasteiger partial charge in [-0.05, 0) is 32.7 Å². The number of nitrogens with zero attached hydrogens (tertiary/aromatic N) is 1. The van der Waals surface area contributed by atoms with Gasteiger partial charge in [-0.15, -0.1) is 0 Å². The summed E-state index contributed by atoms with van der Waals surface area (Å²) in [5.41, 5.74) is 0. The zero-order valence-electron chi connectivity index (χ0n) is 11.7. The normalized spacial score (nSPS) is 23.4. The molecular formula is C13H26N2O2. The first-order chi connectivity index (χ1) is 7.95. The molecule has 0 aromatic carbocycles. The second kappa shape index (κ2) is 6.36. The van der Waals surface area contributed by atoms with E-state index in [2.05, 4.69) is 24.1 Å². The summed E-state index contributed by atoms with van der Waals surface area (Å²) in [6, 6.07) is 0.804. The second-order valence-electron chi connectivity index (χ2n) is 5.49. The SMILES string of the molecule is COC(=O)[C@@H](NC1CCN(C(C)C)C1)C(C)C. The highest BCUT2D eigenvalue weighted by Crippen LogP contribution is 2.15. The van der Waals surface area contributed by atoms with E-state index in [4.69, 9.17) is 4.74 Å². The van der Waals surface area contributed by atoms with Gasteiger partial charge in [0.1, 0.15) is 6.04 Å². The topological polar surface area (TPSA) is 41.6 Å². The van der Waals surface area contributed by atoms with Crippen molar-refractivity contribution in [3.8, 4) is 0 Å². The Bertz CT molecular complexity index is 254. The third kappa shape index (κ3) is 3.96. The van der Waals surface area contributed by atoms with Gasteiger partial charge < -0.3 is 10.1 Å². The van der Waals surface area contributed by atoms with Crippen LogP contribution in [0, 0.1) is 5.92 Å². The van der Waals surface area contributed by atoms with Crippen LogP contribution in [0.4, 0.5) is 0 Å². The van der Waals surface area contributed by atoms with E-state index in [1.807, 2.05) is 13.8 Å². The molecule has 17 heavy (non-hydrogen) atoms. The van der Waals surface area contributed by atoms with Crippen molar-refractivity contribution >= 4 is 5.97 Å². The lowest BCUT2D eigenvalue weighted by molar-refractivity contribution is -0.144. The predicted molar refractivity (Wildman–Crippen MR) is 68.9 cm³/mol. The maximum Gasteiger partial charge on any atom is 0.323 e. The highest BCUT2D eigenvalue weighted by atomic mass is 16.5. The summed E-state index contributed by atoms with van der Waals surface area (Å²) in [6.45, 7) is 10.7. The Balaban J connectivity index is 2.49. The number of methoxy groups -OCH3 is 1. The van der Waals surface area contributed by atoms with Gasteiger partial charge in [-0.2, -0.15) is 0 Å². The Labute approximate surface area is 105 Å². The molecule has 1 N–H and O–H groups in total. The number of likely N-dealkylation sites (tertiary alicyclic amines) is 1. The molecule has 0 aliphatic carbocycles. The minimum atomic E-state index is -0.183. The van der Waals surface area contributed by atoms with Crippen molar-refractivity contribution in [2.24, 2.45) is 5.92 Å². The summed E-state index contributed by atoms with van der Waals surface area (Å²) in [7, 11) is 1.45. The van der Waals surface area contributed by atoms with Crippen LogP contribution in [0.15, 0.2) is 0 Å². The monoisotopic (exact) mass is 242 g/mol. The highest BCUT2D eigenvalue weighted by Gasteiger charge is 2.30. The average Bonchev–Trinajstić information content (AvgIpc) is 2.73. The summed E-state index contributed by atoms with van der Waals surface area (Å²) < 4.78 is 4.84. The number of esters is 1. The lowest BCUT2D eigenvalue weighted by Gasteiger charge is -2.25. The van der Waals surface area contributed by atoms with E-state index in [-0.39, 0.29) is 17.9 Å². The highest BCUT2D eigenvalue weighted by molar-refractivity contribution is 5.75. The maximum absolute atomic E-state index is 11.7. The third-order valence-electron chi connectivity index (χ3n) is 3.49. The van der Waals surface area contributed by atoms with Gasteiger partial charge in [0.25, 0.3) is 0 Å². The molecule has 100 valence electrons. The van der Waals surface area contributed by atoms with Gasteiger partial charge >= 0.3 is 5.97 Å². The van der Waals surface area contributed by atoms with Crippen LogP contribution in [-0.2, 0) is 9.53 Å². The van der Waals surface area contributed by atoms with Crippen molar-refractivity contribution in [1.29, 1.82) is 0 Å². The van der Waals surface area contributed by atoms with Gasteiger partial charge in [-0.1, -0.05) is 13.8 Å². The molecule has 0 bridgehead atoms. The van der Waals surface area contributed by atoms with E-state index in [1.165, 1.54) is 7.11 Å².